The number of hydrogen-bond donors (Lipinski definition) is 0. The van der Waals surface area contributed by atoms with E-state index in [0.29, 0.717) is 28.5 Å². The molecule has 1 aliphatic rings. The number of ether oxygens (including phenoxy) is 1. The second-order valence-corrected chi connectivity index (χ2v) is 9.09. The van der Waals surface area contributed by atoms with Crippen molar-refractivity contribution in [2.24, 2.45) is 5.92 Å². The molecule has 4 heteroatoms. The lowest BCUT2D eigenvalue weighted by Gasteiger charge is -2.27. The summed E-state index contributed by atoms with van der Waals surface area (Å²) in [6.07, 6.45) is 11.4. The van der Waals surface area contributed by atoms with Crippen molar-refractivity contribution in [1.29, 1.82) is 0 Å². The molecule has 0 N–H and O–H groups in total. The molecule has 0 amide bonds. The van der Waals surface area contributed by atoms with Crippen LogP contribution in [-0.2, 0) is 0 Å². The molecule has 0 bridgehead atoms. The van der Waals surface area contributed by atoms with Crippen LogP contribution in [0.15, 0.2) is 66.7 Å². The zero-order valence-electron chi connectivity index (χ0n) is 19.8. The average Bonchev–Trinajstić information content (AvgIpc) is 2.86. The van der Waals surface area contributed by atoms with E-state index in [0.717, 1.165) is 37.7 Å². The third-order valence-corrected chi connectivity index (χ3v) is 6.87. The van der Waals surface area contributed by atoms with Crippen LogP contribution in [0.5, 0.6) is 5.75 Å². The molecule has 0 atom stereocenters. The van der Waals surface area contributed by atoms with Crippen LogP contribution in [0.2, 0.25) is 0 Å². The highest BCUT2D eigenvalue weighted by atomic mass is 19.2. The molecule has 4 rings (SSSR count). The normalized spacial score (nSPS) is 18.4. The first-order chi connectivity index (χ1) is 16.5. The third kappa shape index (κ3) is 5.22. The Hall–Kier alpha value is -3.01. The minimum Gasteiger partial charge on any atom is -0.494 e. The maximum atomic E-state index is 15.1. The summed E-state index contributed by atoms with van der Waals surface area (Å²) < 4.78 is 48.4. The van der Waals surface area contributed by atoms with Crippen LogP contribution in [-0.4, -0.2) is 7.11 Å². The van der Waals surface area contributed by atoms with Crippen molar-refractivity contribution in [1.82, 2.24) is 0 Å². The summed E-state index contributed by atoms with van der Waals surface area (Å²) in [5.41, 5.74) is 2.93. The zero-order valence-corrected chi connectivity index (χ0v) is 19.8. The Balaban J connectivity index is 1.47. The number of benzene rings is 3. The van der Waals surface area contributed by atoms with Crippen LogP contribution in [0.1, 0.15) is 56.9 Å². The second-order valence-electron chi connectivity index (χ2n) is 9.09. The molecule has 0 aliphatic heterocycles. The van der Waals surface area contributed by atoms with E-state index in [-0.39, 0.29) is 17.1 Å². The topological polar surface area (TPSA) is 9.23 Å². The highest BCUT2D eigenvalue weighted by Gasteiger charge is 2.22. The molecule has 0 radical (unpaired) electrons. The first-order valence-electron chi connectivity index (χ1n) is 12.1. The smallest absolute Gasteiger partial charge is 0.201 e. The van der Waals surface area contributed by atoms with Gasteiger partial charge in [0.1, 0.15) is 5.82 Å². The van der Waals surface area contributed by atoms with E-state index in [9.17, 15) is 8.78 Å². The van der Waals surface area contributed by atoms with Gasteiger partial charge in [-0.05, 0) is 78.8 Å². The monoisotopic (exact) mass is 464 g/mol. The van der Waals surface area contributed by atoms with Gasteiger partial charge in [0.15, 0.2) is 11.6 Å². The fraction of sp³-hybridized carbons (Fsp3) is 0.333. The number of methoxy groups -OCH3 is 1. The molecule has 178 valence electrons. The van der Waals surface area contributed by atoms with Crippen molar-refractivity contribution in [2.45, 2.75) is 51.4 Å². The van der Waals surface area contributed by atoms with Gasteiger partial charge in [-0.2, -0.15) is 4.39 Å². The number of hydrogen-bond acceptors (Lipinski definition) is 1. The standard InChI is InChI=1S/C30H31F3O/c1-3-4-5-6-20-7-9-21(10-8-20)24-15-16-25(27(31)19-24)22-11-13-23(14-12-22)26-17-18-28(34-2)30(33)29(26)32/h5-6,11-21H,3-4,7-10H2,1-2H3/b6-5+. The first-order valence-corrected chi connectivity index (χ1v) is 12.1. The molecular formula is C30H31F3O. The number of unbranched alkanes of at least 4 members (excludes halogenated alkanes) is 1. The Morgan fingerprint density at radius 2 is 1.47 bits per heavy atom. The largest absolute Gasteiger partial charge is 0.494 e. The molecule has 34 heavy (non-hydrogen) atoms. The summed E-state index contributed by atoms with van der Waals surface area (Å²) >= 11 is 0. The molecule has 1 fully saturated rings. The van der Waals surface area contributed by atoms with Crippen LogP contribution in [0.3, 0.4) is 0 Å². The lowest BCUT2D eigenvalue weighted by Crippen LogP contribution is -2.12. The van der Waals surface area contributed by atoms with Gasteiger partial charge < -0.3 is 4.74 Å². The van der Waals surface area contributed by atoms with Gasteiger partial charge in [0.2, 0.25) is 5.82 Å². The molecule has 0 spiro atoms. The molecule has 1 saturated carbocycles. The van der Waals surface area contributed by atoms with E-state index in [1.165, 1.54) is 25.7 Å². The molecule has 0 aromatic heterocycles. The van der Waals surface area contributed by atoms with Gasteiger partial charge in [0.05, 0.1) is 7.11 Å². The Bertz CT molecular complexity index is 1140. The summed E-state index contributed by atoms with van der Waals surface area (Å²) in [4.78, 5) is 0. The summed E-state index contributed by atoms with van der Waals surface area (Å²) in [6.45, 7) is 2.19. The maximum Gasteiger partial charge on any atom is 0.201 e. The van der Waals surface area contributed by atoms with E-state index in [2.05, 4.69) is 19.1 Å². The van der Waals surface area contributed by atoms with E-state index in [1.54, 1.807) is 30.3 Å². The van der Waals surface area contributed by atoms with Crippen LogP contribution in [0, 0.1) is 23.4 Å². The number of rotatable bonds is 7. The summed E-state index contributed by atoms with van der Waals surface area (Å²) in [6, 6.07) is 15.3. The van der Waals surface area contributed by atoms with Gasteiger partial charge in [0.25, 0.3) is 0 Å². The second kappa shape index (κ2) is 10.9. The predicted molar refractivity (Wildman–Crippen MR) is 132 cm³/mol. The fourth-order valence-corrected chi connectivity index (χ4v) is 4.86. The van der Waals surface area contributed by atoms with Crippen LogP contribution in [0.25, 0.3) is 22.3 Å². The number of allylic oxidation sites excluding steroid dienone is 2. The van der Waals surface area contributed by atoms with Gasteiger partial charge in [-0.25, -0.2) is 8.78 Å². The number of halogens is 3. The third-order valence-electron chi connectivity index (χ3n) is 6.87. The van der Waals surface area contributed by atoms with E-state index in [4.69, 9.17) is 4.74 Å². The van der Waals surface area contributed by atoms with Crippen molar-refractivity contribution < 1.29 is 17.9 Å². The Labute approximate surface area is 200 Å². The van der Waals surface area contributed by atoms with Crippen molar-refractivity contribution >= 4 is 0 Å². The Morgan fingerprint density at radius 1 is 0.824 bits per heavy atom. The van der Waals surface area contributed by atoms with Gasteiger partial charge >= 0.3 is 0 Å². The maximum absolute atomic E-state index is 15.1. The minimum absolute atomic E-state index is 0.138. The highest BCUT2D eigenvalue weighted by Crippen LogP contribution is 2.38. The fourth-order valence-electron chi connectivity index (χ4n) is 4.86. The van der Waals surface area contributed by atoms with Gasteiger partial charge in [0, 0.05) is 11.1 Å². The minimum atomic E-state index is -1.02. The van der Waals surface area contributed by atoms with Crippen molar-refractivity contribution in [3.8, 4) is 28.0 Å². The van der Waals surface area contributed by atoms with E-state index < -0.39 is 11.6 Å². The molecule has 3 aromatic rings. The zero-order chi connectivity index (χ0) is 24.1. The van der Waals surface area contributed by atoms with Gasteiger partial charge in [-0.3, -0.25) is 0 Å². The van der Waals surface area contributed by atoms with E-state index in [1.807, 2.05) is 12.1 Å². The summed E-state index contributed by atoms with van der Waals surface area (Å²) in [7, 11) is 1.29. The van der Waals surface area contributed by atoms with Crippen molar-refractivity contribution in [2.75, 3.05) is 7.11 Å². The summed E-state index contributed by atoms with van der Waals surface area (Å²) in [5, 5.41) is 0. The Morgan fingerprint density at radius 3 is 2.09 bits per heavy atom. The molecule has 0 saturated heterocycles. The molecule has 1 aliphatic carbocycles. The lowest BCUT2D eigenvalue weighted by atomic mass is 9.78. The molecule has 1 nitrogen and oxygen atoms in total. The van der Waals surface area contributed by atoms with Gasteiger partial charge in [-0.15, -0.1) is 0 Å². The van der Waals surface area contributed by atoms with Gasteiger partial charge in [-0.1, -0.05) is 61.9 Å². The average molecular weight is 465 g/mol. The predicted octanol–water partition coefficient (Wildman–Crippen LogP) is 9.08. The summed E-state index contributed by atoms with van der Waals surface area (Å²) in [5.74, 6) is -1.32. The lowest BCUT2D eigenvalue weighted by molar-refractivity contribution is 0.372. The highest BCUT2D eigenvalue weighted by molar-refractivity contribution is 5.71. The SMILES string of the molecule is CCC/C=C/C1CCC(c2ccc(-c3ccc(-c4ccc(OC)c(F)c4F)cc3)c(F)c2)CC1. The molecule has 0 unspecified atom stereocenters. The molecule has 3 aromatic carbocycles. The van der Waals surface area contributed by atoms with Crippen molar-refractivity contribution in [3.63, 3.8) is 0 Å². The molecular weight excluding hydrogens is 433 g/mol. The Kier molecular flexibility index (Phi) is 7.77. The van der Waals surface area contributed by atoms with Crippen LogP contribution < -0.4 is 4.74 Å². The van der Waals surface area contributed by atoms with Crippen LogP contribution in [0.4, 0.5) is 13.2 Å². The quantitative estimate of drug-likeness (QED) is 0.317. The van der Waals surface area contributed by atoms with Crippen molar-refractivity contribution in [3.05, 3.63) is 89.8 Å². The molecule has 0 heterocycles. The first kappa shape index (κ1) is 24.1. The van der Waals surface area contributed by atoms with E-state index >= 15 is 4.39 Å². The van der Waals surface area contributed by atoms with Crippen LogP contribution >= 0.6 is 0 Å².